The maximum absolute atomic E-state index is 11.9. The van der Waals surface area contributed by atoms with Crippen LogP contribution in [0, 0.1) is 0 Å². The largest absolute Gasteiger partial charge is 0.493 e. The monoisotopic (exact) mass is 324 g/mol. The summed E-state index contributed by atoms with van der Waals surface area (Å²) in [5.41, 5.74) is -0.162. The average Bonchev–Trinajstić information content (AvgIpc) is 2.39. The van der Waals surface area contributed by atoms with Crippen molar-refractivity contribution < 1.29 is 14.6 Å². The lowest BCUT2D eigenvalue weighted by Crippen LogP contribution is -2.18. The fourth-order valence-corrected chi connectivity index (χ4v) is 2.04. The van der Waals surface area contributed by atoms with Crippen molar-refractivity contribution >= 4 is 21.9 Å². The molecule has 2 rings (SSSR count). The SMILES string of the molecule is COC(=O)c1nc(O)c(-c2ccccc2Br)c(=O)[nH]1. The molecule has 19 heavy (non-hydrogen) atoms. The molecule has 0 unspecified atom stereocenters. The Labute approximate surface area is 116 Å². The molecule has 98 valence electrons. The summed E-state index contributed by atoms with van der Waals surface area (Å²) in [6, 6.07) is 6.86. The van der Waals surface area contributed by atoms with E-state index in [1.54, 1.807) is 24.3 Å². The summed E-state index contributed by atoms with van der Waals surface area (Å²) >= 11 is 3.28. The van der Waals surface area contributed by atoms with E-state index in [1.807, 2.05) is 0 Å². The van der Waals surface area contributed by atoms with Gasteiger partial charge in [0.1, 0.15) is 5.56 Å². The van der Waals surface area contributed by atoms with Crippen LogP contribution in [0.4, 0.5) is 0 Å². The van der Waals surface area contributed by atoms with Gasteiger partial charge < -0.3 is 14.8 Å². The van der Waals surface area contributed by atoms with E-state index >= 15 is 0 Å². The van der Waals surface area contributed by atoms with Crippen LogP contribution >= 0.6 is 15.9 Å². The highest BCUT2D eigenvalue weighted by molar-refractivity contribution is 9.10. The summed E-state index contributed by atoms with van der Waals surface area (Å²) in [5.74, 6) is -1.71. The summed E-state index contributed by atoms with van der Waals surface area (Å²) in [6.07, 6.45) is 0. The molecule has 0 saturated carbocycles. The molecule has 0 amide bonds. The van der Waals surface area contributed by atoms with Gasteiger partial charge in [-0.25, -0.2) is 4.79 Å². The minimum absolute atomic E-state index is 0.0138. The molecule has 0 bridgehead atoms. The summed E-state index contributed by atoms with van der Waals surface area (Å²) in [7, 11) is 1.15. The number of halogens is 1. The van der Waals surface area contributed by atoms with E-state index in [4.69, 9.17) is 0 Å². The second-order valence-electron chi connectivity index (χ2n) is 3.58. The molecule has 0 spiro atoms. The highest BCUT2D eigenvalue weighted by Gasteiger charge is 2.18. The Balaban J connectivity index is 2.65. The first-order valence-corrected chi connectivity index (χ1v) is 6.00. The van der Waals surface area contributed by atoms with E-state index in [2.05, 4.69) is 30.6 Å². The Morgan fingerprint density at radius 3 is 2.68 bits per heavy atom. The molecule has 7 heteroatoms. The van der Waals surface area contributed by atoms with Crippen LogP contribution < -0.4 is 5.56 Å². The van der Waals surface area contributed by atoms with E-state index < -0.39 is 17.4 Å². The van der Waals surface area contributed by atoms with Gasteiger partial charge in [-0.15, -0.1) is 0 Å². The summed E-state index contributed by atoms with van der Waals surface area (Å²) in [5, 5.41) is 9.83. The van der Waals surface area contributed by atoms with Crippen molar-refractivity contribution in [2.24, 2.45) is 0 Å². The third-order valence-corrected chi connectivity index (χ3v) is 3.11. The highest BCUT2D eigenvalue weighted by Crippen LogP contribution is 2.29. The normalized spacial score (nSPS) is 10.2. The van der Waals surface area contributed by atoms with Gasteiger partial charge in [0.05, 0.1) is 7.11 Å². The first kappa shape index (κ1) is 13.3. The van der Waals surface area contributed by atoms with Gasteiger partial charge in [0.25, 0.3) is 5.56 Å². The molecule has 0 fully saturated rings. The zero-order chi connectivity index (χ0) is 14.0. The predicted octanol–water partition coefficient (Wildman–Crippen LogP) is 1.69. The molecule has 1 aromatic carbocycles. The summed E-state index contributed by atoms with van der Waals surface area (Å²) < 4.78 is 5.05. The van der Waals surface area contributed by atoms with Gasteiger partial charge in [0, 0.05) is 10.0 Å². The van der Waals surface area contributed by atoms with Crippen LogP contribution in [-0.2, 0) is 4.74 Å². The molecule has 0 atom stereocenters. The van der Waals surface area contributed by atoms with Crippen molar-refractivity contribution in [3.05, 3.63) is 44.9 Å². The number of carbonyl (C=O) groups is 1. The average molecular weight is 325 g/mol. The number of nitrogens with zero attached hydrogens (tertiary/aromatic N) is 1. The van der Waals surface area contributed by atoms with Crippen molar-refractivity contribution in [2.75, 3.05) is 7.11 Å². The molecule has 0 aliphatic rings. The third kappa shape index (κ3) is 2.50. The fraction of sp³-hybridized carbons (Fsp3) is 0.0833. The van der Waals surface area contributed by atoms with Gasteiger partial charge in [-0.1, -0.05) is 34.1 Å². The van der Waals surface area contributed by atoms with Crippen LogP contribution in [0.2, 0.25) is 0 Å². The number of benzene rings is 1. The lowest BCUT2D eigenvalue weighted by molar-refractivity contribution is 0.0585. The highest BCUT2D eigenvalue weighted by atomic mass is 79.9. The van der Waals surface area contributed by atoms with Gasteiger partial charge in [-0.05, 0) is 6.07 Å². The summed E-state index contributed by atoms with van der Waals surface area (Å²) in [6.45, 7) is 0. The van der Waals surface area contributed by atoms with E-state index in [0.29, 0.717) is 10.0 Å². The van der Waals surface area contributed by atoms with Crippen LogP contribution in [0.25, 0.3) is 11.1 Å². The second kappa shape index (κ2) is 5.23. The Morgan fingerprint density at radius 2 is 2.11 bits per heavy atom. The summed E-state index contributed by atoms with van der Waals surface area (Å²) in [4.78, 5) is 29.1. The van der Waals surface area contributed by atoms with Gasteiger partial charge >= 0.3 is 5.97 Å². The molecule has 2 N–H and O–H groups in total. The number of hydrogen-bond donors (Lipinski definition) is 2. The van der Waals surface area contributed by atoms with E-state index in [9.17, 15) is 14.7 Å². The lowest BCUT2D eigenvalue weighted by Gasteiger charge is -2.06. The van der Waals surface area contributed by atoms with Crippen molar-refractivity contribution in [2.45, 2.75) is 0 Å². The van der Waals surface area contributed by atoms with E-state index in [1.165, 1.54) is 0 Å². The van der Waals surface area contributed by atoms with Gasteiger partial charge in [-0.3, -0.25) is 4.79 Å². The van der Waals surface area contributed by atoms with Crippen molar-refractivity contribution in [3.63, 3.8) is 0 Å². The van der Waals surface area contributed by atoms with Gasteiger partial charge in [0.15, 0.2) is 0 Å². The molecule has 0 aliphatic heterocycles. The number of rotatable bonds is 2. The molecule has 1 heterocycles. The maximum atomic E-state index is 11.9. The number of aromatic nitrogens is 2. The quantitative estimate of drug-likeness (QED) is 0.820. The Bertz CT molecular complexity index is 696. The van der Waals surface area contributed by atoms with Crippen LogP contribution in [0.3, 0.4) is 0 Å². The number of hydrogen-bond acceptors (Lipinski definition) is 5. The van der Waals surface area contributed by atoms with Crippen LogP contribution in [0.1, 0.15) is 10.6 Å². The molecule has 1 aromatic heterocycles. The first-order chi connectivity index (χ1) is 9.04. The number of nitrogens with one attached hydrogen (secondary N) is 1. The third-order valence-electron chi connectivity index (χ3n) is 2.42. The van der Waals surface area contributed by atoms with Gasteiger partial charge in [-0.2, -0.15) is 4.98 Å². The number of aromatic amines is 1. The number of aromatic hydroxyl groups is 1. The standard InChI is InChI=1S/C12H9BrN2O4/c1-19-12(18)9-14-10(16)8(11(17)15-9)6-4-2-3-5-7(6)13/h2-5H,1H3,(H2,14,15,16,17). The molecule has 2 aromatic rings. The van der Waals surface area contributed by atoms with Gasteiger partial charge in [0.2, 0.25) is 11.7 Å². The molecule has 0 aliphatic carbocycles. The lowest BCUT2D eigenvalue weighted by atomic mass is 10.1. The number of ether oxygens (including phenoxy) is 1. The van der Waals surface area contributed by atoms with Crippen molar-refractivity contribution in [3.8, 4) is 17.0 Å². The zero-order valence-electron chi connectivity index (χ0n) is 9.81. The number of esters is 1. The minimum atomic E-state index is -0.828. The van der Waals surface area contributed by atoms with E-state index in [-0.39, 0.29) is 11.4 Å². The van der Waals surface area contributed by atoms with Crippen molar-refractivity contribution in [1.82, 2.24) is 9.97 Å². The van der Waals surface area contributed by atoms with Crippen LogP contribution in [0.15, 0.2) is 33.5 Å². The Hall–Kier alpha value is -2.15. The molecular formula is C12H9BrN2O4. The predicted molar refractivity (Wildman–Crippen MR) is 71.0 cm³/mol. The van der Waals surface area contributed by atoms with Crippen LogP contribution in [-0.4, -0.2) is 28.2 Å². The Morgan fingerprint density at radius 1 is 1.42 bits per heavy atom. The maximum Gasteiger partial charge on any atom is 0.374 e. The smallest absolute Gasteiger partial charge is 0.374 e. The van der Waals surface area contributed by atoms with Crippen molar-refractivity contribution in [1.29, 1.82) is 0 Å². The zero-order valence-corrected chi connectivity index (χ0v) is 11.4. The fourth-order valence-electron chi connectivity index (χ4n) is 1.56. The molecule has 0 radical (unpaired) electrons. The molecule has 0 saturated heterocycles. The molecular weight excluding hydrogens is 316 g/mol. The first-order valence-electron chi connectivity index (χ1n) is 5.21. The number of carbonyl (C=O) groups excluding carboxylic acids is 1. The number of methoxy groups -OCH3 is 1. The Kier molecular flexibility index (Phi) is 3.66. The van der Waals surface area contributed by atoms with Crippen LogP contribution in [0.5, 0.6) is 5.88 Å². The topological polar surface area (TPSA) is 92.3 Å². The number of H-pyrrole nitrogens is 1. The van der Waals surface area contributed by atoms with E-state index in [0.717, 1.165) is 7.11 Å². The molecule has 6 nitrogen and oxygen atoms in total. The second-order valence-corrected chi connectivity index (χ2v) is 4.44. The minimum Gasteiger partial charge on any atom is -0.493 e.